The van der Waals surface area contributed by atoms with Crippen LogP contribution in [0.3, 0.4) is 0 Å². The monoisotopic (exact) mass is 185 g/mol. The minimum absolute atomic E-state index is 0.406. The topological polar surface area (TPSA) is 63.3 Å². The van der Waals surface area contributed by atoms with Gasteiger partial charge in [0.05, 0.1) is 0 Å². The maximum atomic E-state index is 10.8. The number of carbonyl (C=O) groups is 1. The summed E-state index contributed by atoms with van der Waals surface area (Å²) in [4.78, 5) is 11.5. The molecule has 0 aromatic carbocycles. The van der Waals surface area contributed by atoms with E-state index in [1.54, 1.807) is 19.1 Å². The number of carboxylic acid groups (broad SMARTS) is 1. The Hall–Kier alpha value is -0.870. The lowest BCUT2D eigenvalue weighted by Gasteiger charge is -2.20. The van der Waals surface area contributed by atoms with Crippen LogP contribution in [0.5, 0.6) is 0 Å². The molecular weight excluding hydrogens is 174 g/mol. The lowest BCUT2D eigenvalue weighted by molar-refractivity contribution is -0.143. The molecule has 66 valence electrons. The van der Waals surface area contributed by atoms with E-state index in [1.807, 2.05) is 5.38 Å². The summed E-state index contributed by atoms with van der Waals surface area (Å²) < 4.78 is 0. The lowest BCUT2D eigenvalue weighted by atomic mass is 9.96. The molecule has 0 saturated heterocycles. The Morgan fingerprint density at radius 3 is 2.83 bits per heavy atom. The van der Waals surface area contributed by atoms with E-state index >= 15 is 0 Å². The molecule has 4 heteroatoms. The zero-order valence-corrected chi connectivity index (χ0v) is 7.60. The molecule has 0 radical (unpaired) electrons. The average Bonchev–Trinajstić information content (AvgIpc) is 2.54. The van der Waals surface area contributed by atoms with Crippen LogP contribution in [-0.2, 0) is 10.3 Å². The second kappa shape index (κ2) is 3.25. The molecule has 1 atom stereocenters. The third kappa shape index (κ3) is 1.35. The number of aliphatic carboxylic acids is 1. The first kappa shape index (κ1) is 9.22. The number of hydrogen-bond acceptors (Lipinski definition) is 3. The van der Waals surface area contributed by atoms with Crippen LogP contribution >= 0.6 is 11.3 Å². The molecule has 12 heavy (non-hydrogen) atoms. The fraction of sp³-hybridized carbons (Fsp3) is 0.375. The summed E-state index contributed by atoms with van der Waals surface area (Å²) in [5, 5.41) is 10.7. The Labute approximate surface area is 74.8 Å². The van der Waals surface area contributed by atoms with E-state index in [0.717, 1.165) is 0 Å². The SMILES string of the molecule is CCC(N)(C(=O)O)c1cccs1. The molecule has 0 bridgehead atoms. The van der Waals surface area contributed by atoms with Gasteiger partial charge in [-0.05, 0) is 17.9 Å². The highest BCUT2D eigenvalue weighted by atomic mass is 32.1. The van der Waals surface area contributed by atoms with Gasteiger partial charge in [-0.2, -0.15) is 0 Å². The van der Waals surface area contributed by atoms with Crippen LogP contribution < -0.4 is 5.73 Å². The Morgan fingerprint density at radius 1 is 1.83 bits per heavy atom. The molecule has 1 aromatic heterocycles. The van der Waals surface area contributed by atoms with Crippen molar-refractivity contribution in [2.24, 2.45) is 5.73 Å². The fourth-order valence-corrected chi connectivity index (χ4v) is 1.87. The van der Waals surface area contributed by atoms with Gasteiger partial charge in [0.1, 0.15) is 5.54 Å². The summed E-state index contributed by atoms with van der Waals surface area (Å²) in [5.74, 6) is -0.965. The van der Waals surface area contributed by atoms with Crippen molar-refractivity contribution in [1.82, 2.24) is 0 Å². The zero-order chi connectivity index (χ0) is 9.19. The van der Waals surface area contributed by atoms with Crippen molar-refractivity contribution in [2.75, 3.05) is 0 Å². The molecule has 3 nitrogen and oxygen atoms in total. The van der Waals surface area contributed by atoms with Gasteiger partial charge in [-0.1, -0.05) is 13.0 Å². The molecule has 1 heterocycles. The number of rotatable bonds is 3. The molecule has 0 aliphatic rings. The molecule has 0 fully saturated rings. The smallest absolute Gasteiger partial charge is 0.329 e. The normalized spacial score (nSPS) is 15.5. The summed E-state index contributed by atoms with van der Waals surface area (Å²) >= 11 is 1.38. The van der Waals surface area contributed by atoms with E-state index < -0.39 is 11.5 Å². The molecule has 1 unspecified atom stereocenters. The van der Waals surface area contributed by atoms with Crippen molar-refractivity contribution in [2.45, 2.75) is 18.9 Å². The standard InChI is InChI=1S/C8H11NO2S/c1-2-8(9,7(10)11)6-4-3-5-12-6/h3-5H,2,9H2,1H3,(H,10,11). The van der Waals surface area contributed by atoms with E-state index in [0.29, 0.717) is 11.3 Å². The van der Waals surface area contributed by atoms with Gasteiger partial charge in [0.25, 0.3) is 0 Å². The van der Waals surface area contributed by atoms with Gasteiger partial charge in [-0.25, -0.2) is 4.79 Å². The summed E-state index contributed by atoms with van der Waals surface area (Å²) in [7, 11) is 0. The fourth-order valence-electron chi connectivity index (χ4n) is 0.963. The Morgan fingerprint density at radius 2 is 2.50 bits per heavy atom. The van der Waals surface area contributed by atoms with E-state index in [2.05, 4.69) is 0 Å². The molecule has 0 aliphatic carbocycles. The second-order valence-corrected chi connectivity index (χ2v) is 3.56. The molecule has 0 aliphatic heterocycles. The van der Waals surface area contributed by atoms with E-state index in [4.69, 9.17) is 10.8 Å². The van der Waals surface area contributed by atoms with E-state index in [1.165, 1.54) is 11.3 Å². The van der Waals surface area contributed by atoms with Gasteiger partial charge in [0.2, 0.25) is 0 Å². The predicted molar refractivity (Wildman–Crippen MR) is 48.1 cm³/mol. The average molecular weight is 185 g/mol. The van der Waals surface area contributed by atoms with Crippen LogP contribution in [0.4, 0.5) is 0 Å². The van der Waals surface area contributed by atoms with Gasteiger partial charge in [0, 0.05) is 4.88 Å². The van der Waals surface area contributed by atoms with Gasteiger partial charge >= 0.3 is 5.97 Å². The summed E-state index contributed by atoms with van der Waals surface area (Å²) in [6.07, 6.45) is 0.406. The molecule has 0 amide bonds. The number of carboxylic acids is 1. The third-order valence-electron chi connectivity index (χ3n) is 1.90. The van der Waals surface area contributed by atoms with Crippen molar-refractivity contribution in [3.05, 3.63) is 22.4 Å². The van der Waals surface area contributed by atoms with Crippen molar-refractivity contribution >= 4 is 17.3 Å². The van der Waals surface area contributed by atoms with Crippen LogP contribution in [0.15, 0.2) is 17.5 Å². The highest BCUT2D eigenvalue weighted by Crippen LogP contribution is 2.26. The first-order chi connectivity index (χ1) is 5.61. The Bertz CT molecular complexity index is 271. The van der Waals surface area contributed by atoms with Crippen molar-refractivity contribution in [1.29, 1.82) is 0 Å². The quantitative estimate of drug-likeness (QED) is 0.748. The van der Waals surface area contributed by atoms with Crippen LogP contribution in [0, 0.1) is 0 Å². The van der Waals surface area contributed by atoms with Crippen molar-refractivity contribution in [3.63, 3.8) is 0 Å². The van der Waals surface area contributed by atoms with Gasteiger partial charge in [-0.3, -0.25) is 0 Å². The lowest BCUT2D eigenvalue weighted by Crippen LogP contribution is -2.43. The maximum Gasteiger partial charge on any atom is 0.329 e. The molecule has 1 aromatic rings. The van der Waals surface area contributed by atoms with Crippen LogP contribution in [0.2, 0.25) is 0 Å². The third-order valence-corrected chi connectivity index (χ3v) is 2.95. The zero-order valence-electron chi connectivity index (χ0n) is 6.78. The van der Waals surface area contributed by atoms with E-state index in [9.17, 15) is 4.79 Å². The largest absolute Gasteiger partial charge is 0.480 e. The van der Waals surface area contributed by atoms with Crippen LogP contribution in [0.1, 0.15) is 18.2 Å². The first-order valence-corrected chi connectivity index (χ1v) is 4.55. The predicted octanol–water partition coefficient (Wildman–Crippen LogP) is 1.40. The summed E-state index contributed by atoms with van der Waals surface area (Å²) in [5.41, 5.74) is 4.52. The molecular formula is C8H11NO2S. The van der Waals surface area contributed by atoms with Crippen molar-refractivity contribution < 1.29 is 9.90 Å². The molecule has 0 spiro atoms. The highest BCUT2D eigenvalue weighted by molar-refractivity contribution is 7.10. The minimum atomic E-state index is -1.20. The van der Waals surface area contributed by atoms with Crippen LogP contribution in [-0.4, -0.2) is 11.1 Å². The Balaban J connectivity index is 3.04. The number of hydrogen-bond donors (Lipinski definition) is 2. The maximum absolute atomic E-state index is 10.8. The first-order valence-electron chi connectivity index (χ1n) is 3.67. The minimum Gasteiger partial charge on any atom is -0.480 e. The number of thiophene rings is 1. The molecule has 3 N–H and O–H groups in total. The van der Waals surface area contributed by atoms with Gasteiger partial charge in [-0.15, -0.1) is 11.3 Å². The van der Waals surface area contributed by atoms with Crippen molar-refractivity contribution in [3.8, 4) is 0 Å². The van der Waals surface area contributed by atoms with Crippen LogP contribution in [0.25, 0.3) is 0 Å². The second-order valence-electron chi connectivity index (χ2n) is 2.61. The number of nitrogens with two attached hydrogens (primary N) is 1. The van der Waals surface area contributed by atoms with Gasteiger partial charge in [0.15, 0.2) is 0 Å². The Kier molecular flexibility index (Phi) is 2.49. The summed E-state index contributed by atoms with van der Waals surface area (Å²) in [6.45, 7) is 1.77. The summed E-state index contributed by atoms with van der Waals surface area (Å²) in [6, 6.07) is 3.56. The molecule has 1 rings (SSSR count). The van der Waals surface area contributed by atoms with E-state index in [-0.39, 0.29) is 0 Å². The van der Waals surface area contributed by atoms with Gasteiger partial charge < -0.3 is 10.8 Å². The highest BCUT2D eigenvalue weighted by Gasteiger charge is 2.34. The molecule has 0 saturated carbocycles.